The van der Waals surface area contributed by atoms with Crippen molar-refractivity contribution in [3.63, 3.8) is 0 Å². The van der Waals surface area contributed by atoms with E-state index in [1.807, 2.05) is 0 Å². The summed E-state index contributed by atoms with van der Waals surface area (Å²) in [6.45, 7) is 0.0326. The van der Waals surface area contributed by atoms with E-state index < -0.39 is 10.8 Å². The Hall–Kier alpha value is -3.03. The molecule has 1 saturated heterocycles. The Morgan fingerprint density at radius 3 is 2.33 bits per heavy atom. The Balaban J connectivity index is 1.38. The number of likely N-dealkylation sites (tertiary alicyclic amines) is 1. The first-order chi connectivity index (χ1) is 13.0. The molecule has 1 N–H and O–H groups in total. The third-order valence-electron chi connectivity index (χ3n) is 5.75. The van der Waals surface area contributed by atoms with Crippen molar-refractivity contribution in [1.29, 1.82) is 0 Å². The third kappa shape index (κ3) is 3.01. The van der Waals surface area contributed by atoms with Crippen LogP contribution in [0.2, 0.25) is 0 Å². The number of nitrogens with one attached hydrogen (secondary N) is 1. The van der Waals surface area contributed by atoms with Gasteiger partial charge in [-0.25, -0.2) is 0 Å². The number of hydrogen-bond acceptors (Lipinski definition) is 5. The van der Waals surface area contributed by atoms with Crippen molar-refractivity contribution in [3.8, 4) is 0 Å². The molecule has 1 heterocycles. The lowest BCUT2D eigenvalue weighted by atomic mass is 9.63. The van der Waals surface area contributed by atoms with Gasteiger partial charge in [0.15, 0.2) is 0 Å². The summed E-state index contributed by atoms with van der Waals surface area (Å²) in [5, 5.41) is 13.4. The average Bonchev–Trinajstić information content (AvgIpc) is 2.94. The number of hydrogen-bond donors (Lipinski definition) is 1. The Kier molecular flexibility index (Phi) is 4.25. The molecular formula is C19H19N3O5. The molecule has 5 rings (SSSR count). The maximum atomic E-state index is 12.7. The largest absolute Gasteiger partial charge is 0.326 e. The number of amides is 3. The fraction of sp³-hybridized carbons (Fsp3) is 0.421. The lowest BCUT2D eigenvalue weighted by molar-refractivity contribution is -0.384. The molecule has 2 fully saturated rings. The number of carbonyl (C=O) groups excluding carboxylic acids is 3. The average molecular weight is 369 g/mol. The van der Waals surface area contributed by atoms with Crippen molar-refractivity contribution in [3.05, 3.63) is 46.5 Å². The Bertz CT molecular complexity index is 833. The molecule has 4 atom stereocenters. The molecular weight excluding hydrogens is 350 g/mol. The van der Waals surface area contributed by atoms with Crippen molar-refractivity contribution in [2.24, 2.45) is 23.7 Å². The summed E-state index contributed by atoms with van der Waals surface area (Å²) in [5.41, 5.74) is 0.189. The van der Waals surface area contributed by atoms with Gasteiger partial charge in [0.25, 0.3) is 5.69 Å². The van der Waals surface area contributed by atoms with Gasteiger partial charge < -0.3 is 5.32 Å². The van der Waals surface area contributed by atoms with Gasteiger partial charge in [0.1, 0.15) is 0 Å². The molecule has 2 bridgehead atoms. The first-order valence-electron chi connectivity index (χ1n) is 9.03. The maximum Gasteiger partial charge on any atom is 0.271 e. The normalized spacial score (nSPS) is 28.4. The van der Waals surface area contributed by atoms with Gasteiger partial charge in [-0.3, -0.25) is 29.4 Å². The summed E-state index contributed by atoms with van der Waals surface area (Å²) in [6.07, 6.45) is 5.94. The summed E-state index contributed by atoms with van der Waals surface area (Å²) < 4.78 is 0. The van der Waals surface area contributed by atoms with E-state index in [2.05, 4.69) is 17.5 Å². The molecule has 27 heavy (non-hydrogen) atoms. The molecule has 8 nitrogen and oxygen atoms in total. The number of nitro benzene ring substituents is 1. The number of non-ortho nitro benzene ring substituents is 1. The molecule has 3 amide bonds. The molecule has 1 saturated carbocycles. The number of carbonyl (C=O) groups is 3. The molecule has 8 heteroatoms. The van der Waals surface area contributed by atoms with E-state index in [1.54, 1.807) is 6.07 Å². The van der Waals surface area contributed by atoms with Crippen molar-refractivity contribution >= 4 is 29.1 Å². The van der Waals surface area contributed by atoms with E-state index in [0.717, 1.165) is 12.8 Å². The van der Waals surface area contributed by atoms with Crippen LogP contribution in [0.3, 0.4) is 0 Å². The number of fused-ring (bicyclic) bond motifs is 1. The van der Waals surface area contributed by atoms with E-state index >= 15 is 0 Å². The zero-order valence-electron chi connectivity index (χ0n) is 14.5. The number of nitro groups is 1. The number of benzene rings is 1. The number of imide groups is 1. The summed E-state index contributed by atoms with van der Waals surface area (Å²) in [4.78, 5) is 49.0. The van der Waals surface area contributed by atoms with Gasteiger partial charge in [-0.1, -0.05) is 18.2 Å². The van der Waals surface area contributed by atoms with Crippen molar-refractivity contribution in [1.82, 2.24) is 4.90 Å². The van der Waals surface area contributed by atoms with Gasteiger partial charge in [0.2, 0.25) is 17.7 Å². The van der Waals surface area contributed by atoms with Crippen LogP contribution in [-0.2, 0) is 14.4 Å². The van der Waals surface area contributed by atoms with Crippen LogP contribution in [0.5, 0.6) is 0 Å². The monoisotopic (exact) mass is 369 g/mol. The van der Waals surface area contributed by atoms with Crippen LogP contribution in [0.15, 0.2) is 36.4 Å². The summed E-state index contributed by atoms with van der Waals surface area (Å²) in [7, 11) is 0. The molecule has 1 aromatic rings. The highest BCUT2D eigenvalue weighted by molar-refractivity contribution is 6.06. The van der Waals surface area contributed by atoms with Crippen LogP contribution >= 0.6 is 0 Å². The molecule has 4 aliphatic rings. The molecule has 3 aliphatic carbocycles. The fourth-order valence-corrected chi connectivity index (χ4v) is 4.49. The fourth-order valence-electron chi connectivity index (χ4n) is 4.49. The molecule has 0 radical (unpaired) electrons. The number of allylic oxidation sites excluding steroid dienone is 2. The highest BCUT2D eigenvalue weighted by atomic mass is 16.6. The number of anilines is 1. The van der Waals surface area contributed by atoms with Crippen molar-refractivity contribution in [2.45, 2.75) is 19.3 Å². The Morgan fingerprint density at radius 2 is 1.78 bits per heavy atom. The molecule has 140 valence electrons. The predicted octanol–water partition coefficient (Wildman–Crippen LogP) is 2.12. The van der Waals surface area contributed by atoms with Crippen molar-refractivity contribution in [2.75, 3.05) is 11.9 Å². The zero-order chi connectivity index (χ0) is 19.1. The van der Waals surface area contributed by atoms with Crippen LogP contribution in [0.25, 0.3) is 0 Å². The second kappa shape index (κ2) is 6.61. The van der Waals surface area contributed by atoms with E-state index in [-0.39, 0.29) is 54.1 Å². The molecule has 0 spiro atoms. The van der Waals surface area contributed by atoms with Gasteiger partial charge in [-0.2, -0.15) is 0 Å². The minimum absolute atomic E-state index is 0.0326. The van der Waals surface area contributed by atoms with E-state index in [0.29, 0.717) is 5.69 Å². The maximum absolute atomic E-state index is 12.7. The summed E-state index contributed by atoms with van der Waals surface area (Å²) in [6, 6.07) is 5.63. The summed E-state index contributed by atoms with van der Waals surface area (Å²) in [5.74, 6) is -1.05. The SMILES string of the molecule is O=C(CCN1C(=O)[C@@H]2[C@@H](C1=O)[C@H]1C=C[C@H]2CC1)Nc1cccc([N+](=O)[O-])c1. The topological polar surface area (TPSA) is 110 Å². The second-order valence-electron chi connectivity index (χ2n) is 7.28. The second-order valence-corrected chi connectivity index (χ2v) is 7.28. The minimum Gasteiger partial charge on any atom is -0.326 e. The standard InChI is InChI=1S/C19H19N3O5/c23-15(20-13-2-1-3-14(10-13)22(26)27)8-9-21-18(24)16-11-4-5-12(7-6-11)17(16)19(21)25/h1-5,10-12,16-17H,6-9H2,(H,20,23)/t11-,12-,16-,17-/m0/s1. The van der Waals surface area contributed by atoms with E-state index in [4.69, 9.17) is 0 Å². The molecule has 0 unspecified atom stereocenters. The van der Waals surface area contributed by atoms with Crippen LogP contribution in [-0.4, -0.2) is 34.1 Å². The van der Waals surface area contributed by atoms with E-state index in [9.17, 15) is 24.5 Å². The Labute approximate surface area is 155 Å². The minimum atomic E-state index is -0.540. The molecule has 0 aromatic heterocycles. The zero-order valence-corrected chi connectivity index (χ0v) is 14.5. The van der Waals surface area contributed by atoms with Gasteiger partial charge in [-0.15, -0.1) is 0 Å². The third-order valence-corrected chi connectivity index (χ3v) is 5.75. The Morgan fingerprint density at radius 1 is 1.15 bits per heavy atom. The van der Waals surface area contributed by atoms with Crippen LogP contribution < -0.4 is 5.32 Å². The smallest absolute Gasteiger partial charge is 0.271 e. The summed E-state index contributed by atoms with van der Waals surface area (Å²) >= 11 is 0. The highest BCUT2D eigenvalue weighted by Crippen LogP contribution is 2.49. The lowest BCUT2D eigenvalue weighted by Crippen LogP contribution is -2.38. The number of rotatable bonds is 5. The van der Waals surface area contributed by atoms with Gasteiger partial charge in [-0.05, 0) is 30.7 Å². The number of nitrogens with zero attached hydrogens (tertiary/aromatic N) is 2. The predicted molar refractivity (Wildman–Crippen MR) is 95.4 cm³/mol. The van der Waals surface area contributed by atoms with Gasteiger partial charge >= 0.3 is 0 Å². The van der Waals surface area contributed by atoms with Crippen LogP contribution in [0.1, 0.15) is 19.3 Å². The molecule has 1 aromatic carbocycles. The highest BCUT2D eigenvalue weighted by Gasteiger charge is 2.56. The molecule has 1 aliphatic heterocycles. The van der Waals surface area contributed by atoms with Gasteiger partial charge in [0.05, 0.1) is 16.8 Å². The van der Waals surface area contributed by atoms with Gasteiger partial charge in [0, 0.05) is 30.8 Å². The lowest BCUT2D eigenvalue weighted by Gasteiger charge is -2.38. The first kappa shape index (κ1) is 17.4. The first-order valence-corrected chi connectivity index (χ1v) is 9.03. The van der Waals surface area contributed by atoms with Crippen LogP contribution in [0, 0.1) is 33.8 Å². The van der Waals surface area contributed by atoms with Crippen molar-refractivity contribution < 1.29 is 19.3 Å². The van der Waals surface area contributed by atoms with E-state index in [1.165, 1.54) is 23.1 Å². The van der Waals surface area contributed by atoms with Crippen LogP contribution in [0.4, 0.5) is 11.4 Å². The quantitative estimate of drug-likeness (QED) is 0.370.